The van der Waals surface area contributed by atoms with Gasteiger partial charge in [0.05, 0.1) is 11.0 Å². The number of hydrogen-bond acceptors (Lipinski definition) is 2. The highest BCUT2D eigenvalue weighted by atomic mass is 16.2. The average Bonchev–Trinajstić information content (AvgIpc) is 2.89. The molecule has 2 aromatic carbocycles. The fourth-order valence-corrected chi connectivity index (χ4v) is 3.19. The van der Waals surface area contributed by atoms with Crippen LogP contribution >= 0.6 is 0 Å². The first-order valence-corrected chi connectivity index (χ1v) is 7.94. The molecule has 0 aliphatic rings. The zero-order valence-corrected chi connectivity index (χ0v) is 13.2. The number of fused-ring (bicyclic) bond motifs is 3. The van der Waals surface area contributed by atoms with Crippen LogP contribution in [0.5, 0.6) is 0 Å². The number of hydrogen-bond donors (Lipinski definition) is 1. The summed E-state index contributed by atoms with van der Waals surface area (Å²) in [6, 6.07) is 15.7. The van der Waals surface area contributed by atoms with Crippen molar-refractivity contribution in [1.29, 1.82) is 0 Å². The third-order valence-corrected chi connectivity index (χ3v) is 4.29. The van der Waals surface area contributed by atoms with Crippen LogP contribution in [-0.2, 0) is 4.79 Å². The van der Waals surface area contributed by atoms with Crippen molar-refractivity contribution in [3.63, 3.8) is 0 Å². The maximum absolute atomic E-state index is 12.9. The quantitative estimate of drug-likeness (QED) is 0.780. The molecule has 0 aliphatic heterocycles. The molecular formula is C19H20N2O2. The molecule has 0 saturated heterocycles. The second kappa shape index (κ2) is 6.24. The number of nitrogens with two attached hydrogens (primary N) is 1. The Morgan fingerprint density at radius 1 is 1.00 bits per heavy atom. The van der Waals surface area contributed by atoms with Crippen LogP contribution in [0.15, 0.2) is 48.5 Å². The Kier molecular flexibility index (Phi) is 4.15. The number of nitrogens with zero attached hydrogens (tertiary/aromatic N) is 1. The zero-order valence-electron chi connectivity index (χ0n) is 13.2. The molecule has 0 bridgehead atoms. The molecule has 4 heteroatoms. The molecule has 0 aliphatic carbocycles. The lowest BCUT2D eigenvalue weighted by molar-refractivity contribution is -0.122. The lowest BCUT2D eigenvalue weighted by Crippen LogP contribution is -2.27. The number of carbonyl (C=O) groups is 2. The smallest absolute Gasteiger partial charge is 0.232 e. The molecule has 3 rings (SSSR count). The molecular weight excluding hydrogens is 288 g/mol. The van der Waals surface area contributed by atoms with Gasteiger partial charge in [-0.15, -0.1) is 0 Å². The number of aromatic nitrogens is 1. The van der Waals surface area contributed by atoms with Crippen LogP contribution in [-0.4, -0.2) is 16.4 Å². The molecule has 4 nitrogen and oxygen atoms in total. The van der Waals surface area contributed by atoms with Gasteiger partial charge in [0.1, 0.15) is 0 Å². The van der Waals surface area contributed by atoms with Crippen molar-refractivity contribution in [3.05, 3.63) is 48.5 Å². The number of benzene rings is 2. The van der Waals surface area contributed by atoms with E-state index in [0.717, 1.165) is 28.2 Å². The number of amides is 1. The minimum absolute atomic E-state index is 0.0837. The highest BCUT2D eigenvalue weighted by Crippen LogP contribution is 2.29. The fourth-order valence-electron chi connectivity index (χ4n) is 3.19. The maximum atomic E-state index is 12.9. The molecule has 118 valence electrons. The van der Waals surface area contributed by atoms with E-state index in [-0.39, 0.29) is 12.3 Å². The number of para-hydroxylation sites is 2. The van der Waals surface area contributed by atoms with E-state index in [9.17, 15) is 9.59 Å². The minimum Gasteiger partial charge on any atom is -0.369 e. The van der Waals surface area contributed by atoms with Crippen molar-refractivity contribution in [2.45, 2.75) is 26.2 Å². The summed E-state index contributed by atoms with van der Waals surface area (Å²) in [5.74, 6) is -0.895. The summed E-state index contributed by atoms with van der Waals surface area (Å²) < 4.78 is 1.72. The molecule has 1 aromatic heterocycles. The van der Waals surface area contributed by atoms with Gasteiger partial charge in [-0.25, -0.2) is 0 Å². The second-order valence-electron chi connectivity index (χ2n) is 5.86. The Balaban J connectivity index is 2.10. The van der Waals surface area contributed by atoms with Crippen molar-refractivity contribution in [3.8, 4) is 0 Å². The van der Waals surface area contributed by atoms with Crippen molar-refractivity contribution < 1.29 is 9.59 Å². The van der Waals surface area contributed by atoms with Gasteiger partial charge in [-0.05, 0) is 18.6 Å². The normalized spacial score (nSPS) is 12.6. The number of carbonyl (C=O) groups excluding carboxylic acids is 2. The fraction of sp³-hybridized carbons (Fsp3) is 0.263. The zero-order chi connectivity index (χ0) is 16.4. The molecule has 1 atom stereocenters. The Bertz CT molecular complexity index is 826. The third kappa shape index (κ3) is 2.72. The Labute approximate surface area is 134 Å². The molecule has 0 saturated carbocycles. The Hall–Kier alpha value is -2.62. The Morgan fingerprint density at radius 3 is 2.00 bits per heavy atom. The molecule has 0 fully saturated rings. The van der Waals surface area contributed by atoms with Crippen molar-refractivity contribution >= 4 is 33.6 Å². The molecule has 3 aromatic rings. The van der Waals surface area contributed by atoms with E-state index in [2.05, 4.69) is 0 Å². The van der Waals surface area contributed by atoms with Crippen LogP contribution in [0.3, 0.4) is 0 Å². The largest absolute Gasteiger partial charge is 0.369 e. The predicted molar refractivity (Wildman–Crippen MR) is 92.3 cm³/mol. The third-order valence-electron chi connectivity index (χ3n) is 4.29. The first kappa shape index (κ1) is 15.3. The number of rotatable bonds is 5. The SMILES string of the molecule is CCCC(CC(=O)n1c2ccccc2c2ccccc21)C(N)=O. The van der Waals surface area contributed by atoms with Gasteiger partial charge in [0.25, 0.3) is 0 Å². The monoisotopic (exact) mass is 308 g/mol. The summed E-state index contributed by atoms with van der Waals surface area (Å²) in [6.07, 6.45) is 1.61. The number of primary amides is 1. The van der Waals surface area contributed by atoms with E-state index in [0.29, 0.717) is 6.42 Å². The van der Waals surface area contributed by atoms with E-state index in [1.807, 2.05) is 55.5 Å². The van der Waals surface area contributed by atoms with Crippen molar-refractivity contribution in [2.75, 3.05) is 0 Å². The van der Waals surface area contributed by atoms with E-state index in [1.54, 1.807) is 4.57 Å². The summed E-state index contributed by atoms with van der Waals surface area (Å²) in [5.41, 5.74) is 7.20. The van der Waals surface area contributed by atoms with Gasteiger partial charge in [0.15, 0.2) is 0 Å². The van der Waals surface area contributed by atoms with Gasteiger partial charge in [-0.2, -0.15) is 0 Å². The van der Waals surface area contributed by atoms with Gasteiger partial charge in [0, 0.05) is 23.1 Å². The highest BCUT2D eigenvalue weighted by Gasteiger charge is 2.22. The predicted octanol–water partition coefficient (Wildman–Crippen LogP) is 3.73. The molecule has 0 radical (unpaired) electrons. The van der Waals surface area contributed by atoms with Gasteiger partial charge in [-0.1, -0.05) is 49.7 Å². The highest BCUT2D eigenvalue weighted by molar-refractivity contribution is 6.13. The van der Waals surface area contributed by atoms with Crippen molar-refractivity contribution in [1.82, 2.24) is 4.57 Å². The van der Waals surface area contributed by atoms with Crippen LogP contribution in [0.4, 0.5) is 0 Å². The molecule has 1 heterocycles. The van der Waals surface area contributed by atoms with E-state index >= 15 is 0 Å². The van der Waals surface area contributed by atoms with Crippen LogP contribution in [0.1, 0.15) is 31.0 Å². The van der Waals surface area contributed by atoms with Gasteiger partial charge < -0.3 is 5.73 Å². The maximum Gasteiger partial charge on any atom is 0.232 e. The average molecular weight is 308 g/mol. The summed E-state index contributed by atoms with van der Waals surface area (Å²) >= 11 is 0. The van der Waals surface area contributed by atoms with E-state index in [4.69, 9.17) is 5.73 Å². The lowest BCUT2D eigenvalue weighted by Gasteiger charge is -2.13. The van der Waals surface area contributed by atoms with Gasteiger partial charge >= 0.3 is 0 Å². The first-order chi connectivity index (χ1) is 11.1. The van der Waals surface area contributed by atoms with Crippen LogP contribution in [0, 0.1) is 5.92 Å². The summed E-state index contributed by atoms with van der Waals surface area (Å²) in [4.78, 5) is 24.5. The van der Waals surface area contributed by atoms with E-state index in [1.165, 1.54) is 0 Å². The molecule has 1 unspecified atom stereocenters. The molecule has 1 amide bonds. The molecule has 2 N–H and O–H groups in total. The van der Waals surface area contributed by atoms with Crippen molar-refractivity contribution in [2.24, 2.45) is 11.7 Å². The lowest BCUT2D eigenvalue weighted by atomic mass is 9.98. The summed E-state index contributed by atoms with van der Waals surface area (Å²) in [7, 11) is 0. The van der Waals surface area contributed by atoms with Gasteiger partial charge in [-0.3, -0.25) is 14.2 Å². The summed E-state index contributed by atoms with van der Waals surface area (Å²) in [5, 5.41) is 2.09. The summed E-state index contributed by atoms with van der Waals surface area (Å²) in [6.45, 7) is 1.99. The van der Waals surface area contributed by atoms with Crippen LogP contribution < -0.4 is 5.73 Å². The molecule has 23 heavy (non-hydrogen) atoms. The standard InChI is InChI=1S/C19H20N2O2/c1-2-7-13(19(20)23)12-18(22)21-16-10-5-3-8-14(16)15-9-4-6-11-17(15)21/h3-6,8-11,13H,2,7,12H2,1H3,(H2,20,23). The second-order valence-corrected chi connectivity index (χ2v) is 5.86. The topological polar surface area (TPSA) is 65.1 Å². The molecule has 0 spiro atoms. The first-order valence-electron chi connectivity index (χ1n) is 7.94. The van der Waals surface area contributed by atoms with E-state index < -0.39 is 11.8 Å². The van der Waals surface area contributed by atoms with Gasteiger partial charge in [0.2, 0.25) is 11.8 Å². The van der Waals surface area contributed by atoms with Crippen LogP contribution in [0.2, 0.25) is 0 Å². The Morgan fingerprint density at radius 2 is 1.52 bits per heavy atom. The van der Waals surface area contributed by atoms with Crippen LogP contribution in [0.25, 0.3) is 21.8 Å². The minimum atomic E-state index is -0.410.